The summed E-state index contributed by atoms with van der Waals surface area (Å²) in [6, 6.07) is 10.0. The van der Waals surface area contributed by atoms with E-state index in [1.165, 1.54) is 0 Å². The number of benzene rings is 1. The van der Waals surface area contributed by atoms with Crippen molar-refractivity contribution in [2.75, 3.05) is 20.5 Å². The second-order valence-electron chi connectivity index (χ2n) is 3.44. The summed E-state index contributed by atoms with van der Waals surface area (Å²) in [7, 11) is 1.63. The van der Waals surface area contributed by atoms with Gasteiger partial charge in [0, 0.05) is 25.7 Å². The zero-order chi connectivity index (χ0) is 11.5. The van der Waals surface area contributed by atoms with Gasteiger partial charge in [-0.05, 0) is 25.0 Å². The van der Waals surface area contributed by atoms with Gasteiger partial charge in [0.05, 0.1) is 0 Å². The highest BCUT2D eigenvalue weighted by molar-refractivity contribution is 5.33. The number of methoxy groups -OCH3 is 1. The van der Waals surface area contributed by atoms with Crippen molar-refractivity contribution in [2.24, 2.45) is 0 Å². The van der Waals surface area contributed by atoms with Gasteiger partial charge in [-0.1, -0.05) is 30.0 Å². The number of rotatable bonds is 6. The average molecular weight is 218 g/mol. The fourth-order valence-electron chi connectivity index (χ4n) is 1.25. The van der Waals surface area contributed by atoms with E-state index in [1.807, 2.05) is 30.3 Å². The molecular formula is C14H18O2. The Labute approximate surface area is 97.6 Å². The Bertz CT molecular complexity index is 322. The molecule has 0 N–H and O–H groups in total. The number of hydrogen-bond acceptors (Lipinski definition) is 2. The molecule has 0 radical (unpaired) electrons. The van der Waals surface area contributed by atoms with Gasteiger partial charge in [0.25, 0.3) is 0 Å². The number of hydrogen-bond donors (Lipinski definition) is 0. The monoisotopic (exact) mass is 218 g/mol. The van der Waals surface area contributed by atoms with E-state index < -0.39 is 0 Å². The molecule has 0 fully saturated rings. The second kappa shape index (κ2) is 8.96. The summed E-state index contributed by atoms with van der Waals surface area (Å²) < 4.78 is 9.95. The molecule has 0 bridgehead atoms. The molecule has 16 heavy (non-hydrogen) atoms. The minimum atomic E-state index is 0.385. The van der Waals surface area contributed by atoms with Crippen molar-refractivity contribution in [2.45, 2.75) is 19.3 Å². The molecule has 2 nitrogen and oxygen atoms in total. The molecule has 0 aliphatic rings. The van der Waals surface area contributed by atoms with Crippen LogP contribution in [0.25, 0.3) is 0 Å². The number of ether oxygens (including phenoxy) is 2. The zero-order valence-corrected chi connectivity index (χ0v) is 9.74. The first kappa shape index (κ1) is 12.8. The van der Waals surface area contributed by atoms with Crippen LogP contribution in [0, 0.1) is 11.8 Å². The highest BCUT2D eigenvalue weighted by atomic mass is 16.7. The van der Waals surface area contributed by atoms with Gasteiger partial charge in [0.2, 0.25) is 0 Å². The Balaban J connectivity index is 2.05. The highest BCUT2D eigenvalue weighted by Gasteiger charge is 1.87. The van der Waals surface area contributed by atoms with Crippen LogP contribution in [0.4, 0.5) is 0 Å². The zero-order valence-electron chi connectivity index (χ0n) is 9.74. The molecule has 0 aliphatic carbocycles. The summed E-state index contributed by atoms with van der Waals surface area (Å²) in [5.41, 5.74) is 1.08. The van der Waals surface area contributed by atoms with Crippen LogP contribution < -0.4 is 0 Å². The van der Waals surface area contributed by atoms with Crippen molar-refractivity contribution in [3.63, 3.8) is 0 Å². The topological polar surface area (TPSA) is 18.5 Å². The molecule has 0 aliphatic heterocycles. The predicted molar refractivity (Wildman–Crippen MR) is 65.0 cm³/mol. The van der Waals surface area contributed by atoms with Crippen molar-refractivity contribution >= 4 is 0 Å². The van der Waals surface area contributed by atoms with E-state index in [-0.39, 0.29) is 0 Å². The fraction of sp³-hybridized carbons (Fsp3) is 0.429. The summed E-state index contributed by atoms with van der Waals surface area (Å²) in [6.45, 7) is 1.14. The Morgan fingerprint density at radius 2 is 1.94 bits per heavy atom. The van der Waals surface area contributed by atoms with E-state index in [0.29, 0.717) is 6.79 Å². The predicted octanol–water partition coefficient (Wildman–Crippen LogP) is 2.83. The quantitative estimate of drug-likeness (QED) is 0.415. The SMILES string of the molecule is COCOCCCCC#Cc1ccccc1. The van der Waals surface area contributed by atoms with Crippen LogP contribution in [0.3, 0.4) is 0 Å². The minimum absolute atomic E-state index is 0.385. The van der Waals surface area contributed by atoms with E-state index in [2.05, 4.69) is 11.8 Å². The smallest absolute Gasteiger partial charge is 0.146 e. The maximum absolute atomic E-state index is 5.18. The summed E-state index contributed by atoms with van der Waals surface area (Å²) in [5.74, 6) is 6.29. The van der Waals surface area contributed by atoms with Crippen molar-refractivity contribution in [1.29, 1.82) is 0 Å². The molecule has 0 atom stereocenters. The van der Waals surface area contributed by atoms with E-state index in [1.54, 1.807) is 7.11 Å². The Morgan fingerprint density at radius 1 is 1.12 bits per heavy atom. The lowest BCUT2D eigenvalue weighted by molar-refractivity contribution is -0.0313. The molecule has 1 aromatic carbocycles. The van der Waals surface area contributed by atoms with Crippen LogP contribution >= 0.6 is 0 Å². The average Bonchev–Trinajstić information content (AvgIpc) is 2.34. The first-order chi connectivity index (χ1) is 7.93. The van der Waals surface area contributed by atoms with Gasteiger partial charge >= 0.3 is 0 Å². The normalized spacial score (nSPS) is 9.56. The van der Waals surface area contributed by atoms with E-state index in [9.17, 15) is 0 Å². The van der Waals surface area contributed by atoms with E-state index >= 15 is 0 Å². The van der Waals surface area contributed by atoms with Crippen molar-refractivity contribution in [3.8, 4) is 11.8 Å². The first-order valence-corrected chi connectivity index (χ1v) is 5.54. The molecule has 86 valence electrons. The lowest BCUT2D eigenvalue weighted by atomic mass is 10.2. The fourth-order valence-corrected chi connectivity index (χ4v) is 1.25. The third-order valence-corrected chi connectivity index (χ3v) is 2.05. The highest BCUT2D eigenvalue weighted by Crippen LogP contribution is 1.97. The van der Waals surface area contributed by atoms with Crippen LogP contribution in [0.15, 0.2) is 30.3 Å². The van der Waals surface area contributed by atoms with Crippen molar-refractivity contribution in [1.82, 2.24) is 0 Å². The van der Waals surface area contributed by atoms with Crippen LogP contribution in [0.5, 0.6) is 0 Å². The second-order valence-corrected chi connectivity index (χ2v) is 3.44. The van der Waals surface area contributed by atoms with Gasteiger partial charge in [0.1, 0.15) is 6.79 Å². The minimum Gasteiger partial charge on any atom is -0.359 e. The molecule has 1 rings (SSSR count). The Kier molecular flexibility index (Phi) is 7.15. The van der Waals surface area contributed by atoms with Gasteiger partial charge in [-0.3, -0.25) is 0 Å². The van der Waals surface area contributed by atoms with E-state index in [4.69, 9.17) is 9.47 Å². The molecule has 0 saturated heterocycles. The van der Waals surface area contributed by atoms with Crippen molar-refractivity contribution in [3.05, 3.63) is 35.9 Å². The van der Waals surface area contributed by atoms with Gasteiger partial charge < -0.3 is 9.47 Å². The lowest BCUT2D eigenvalue weighted by Gasteiger charge is -1.99. The molecule has 2 heteroatoms. The maximum atomic E-state index is 5.18. The standard InChI is InChI=1S/C14H18O2/c1-15-13-16-12-8-3-2-5-9-14-10-6-4-7-11-14/h4,6-7,10-11H,2-3,8,12-13H2,1H3. The van der Waals surface area contributed by atoms with Gasteiger partial charge in [-0.2, -0.15) is 0 Å². The van der Waals surface area contributed by atoms with Crippen LogP contribution in [0.1, 0.15) is 24.8 Å². The molecule has 0 amide bonds. The molecule has 0 aromatic heterocycles. The van der Waals surface area contributed by atoms with Crippen LogP contribution in [-0.4, -0.2) is 20.5 Å². The third-order valence-electron chi connectivity index (χ3n) is 2.05. The lowest BCUT2D eigenvalue weighted by Crippen LogP contribution is -1.97. The summed E-state index contributed by atoms with van der Waals surface area (Å²) in [6.07, 6.45) is 3.03. The van der Waals surface area contributed by atoms with Gasteiger partial charge in [0.15, 0.2) is 0 Å². The molecule has 0 heterocycles. The van der Waals surface area contributed by atoms with Gasteiger partial charge in [-0.25, -0.2) is 0 Å². The van der Waals surface area contributed by atoms with E-state index in [0.717, 1.165) is 31.4 Å². The summed E-state index contributed by atoms with van der Waals surface area (Å²) >= 11 is 0. The number of unbranched alkanes of at least 4 members (excludes halogenated alkanes) is 2. The largest absolute Gasteiger partial charge is 0.359 e. The first-order valence-electron chi connectivity index (χ1n) is 5.54. The molecule has 0 saturated carbocycles. The molecule has 1 aromatic rings. The molecule has 0 unspecified atom stereocenters. The Morgan fingerprint density at radius 3 is 2.69 bits per heavy atom. The van der Waals surface area contributed by atoms with Gasteiger partial charge in [-0.15, -0.1) is 0 Å². The van der Waals surface area contributed by atoms with Crippen molar-refractivity contribution < 1.29 is 9.47 Å². The van der Waals surface area contributed by atoms with Crippen LogP contribution in [-0.2, 0) is 9.47 Å². The van der Waals surface area contributed by atoms with Crippen LogP contribution in [0.2, 0.25) is 0 Å². The summed E-state index contributed by atoms with van der Waals surface area (Å²) in [4.78, 5) is 0. The maximum Gasteiger partial charge on any atom is 0.146 e. The molecular weight excluding hydrogens is 200 g/mol. The molecule has 0 spiro atoms. The summed E-state index contributed by atoms with van der Waals surface area (Å²) in [5, 5.41) is 0. The third kappa shape index (κ3) is 6.23. The Hall–Kier alpha value is -1.30.